The maximum atomic E-state index is 12.7. The quantitative estimate of drug-likeness (QED) is 0.256. The first-order chi connectivity index (χ1) is 22.0. The van der Waals surface area contributed by atoms with Crippen LogP contribution in [0.25, 0.3) is 5.65 Å². The van der Waals surface area contributed by atoms with E-state index in [2.05, 4.69) is 68.9 Å². The van der Waals surface area contributed by atoms with Crippen molar-refractivity contribution >= 4 is 28.9 Å². The van der Waals surface area contributed by atoms with E-state index < -0.39 is 5.54 Å². The van der Waals surface area contributed by atoms with Crippen LogP contribution in [0.5, 0.6) is 0 Å². The first kappa shape index (κ1) is 28.5. The van der Waals surface area contributed by atoms with Gasteiger partial charge in [-0.05, 0) is 43.1 Å². The number of fused-ring (bicyclic) bond motifs is 1. The third-order valence-electron chi connectivity index (χ3n) is 8.77. The number of hydrogen-bond acceptors (Lipinski definition) is 9. The summed E-state index contributed by atoms with van der Waals surface area (Å²) >= 11 is 0. The molecule has 4 aromatic heterocycles. The van der Waals surface area contributed by atoms with Crippen LogP contribution >= 0.6 is 0 Å². The summed E-state index contributed by atoms with van der Waals surface area (Å²) in [5.74, 6) is 0.500. The third-order valence-corrected chi connectivity index (χ3v) is 8.77. The lowest BCUT2D eigenvalue weighted by atomic mass is 9.86. The van der Waals surface area contributed by atoms with E-state index in [9.17, 15) is 10.1 Å². The standard InChI is InChI=1S/C32H36N12O/c1-39-14-16-40(17-15-39)29(45)22-42-21-27(19-34-42)36-31-37-30-28(8-5-13-43(30)38-31)41-23-32(24-41,11-12-33)44-20-26(18-35-44)10-9-25-6-3-2-4-7-25/h2-8,13,18-21H,9-11,14-17,22-24H2,1H3,(H,36,38). The van der Waals surface area contributed by atoms with Crippen molar-refractivity contribution < 1.29 is 4.79 Å². The van der Waals surface area contributed by atoms with Crippen LogP contribution in [0.1, 0.15) is 17.5 Å². The fourth-order valence-corrected chi connectivity index (χ4v) is 6.13. The van der Waals surface area contributed by atoms with E-state index in [1.54, 1.807) is 21.6 Å². The molecule has 45 heavy (non-hydrogen) atoms. The fourth-order valence-electron chi connectivity index (χ4n) is 6.13. The molecule has 0 unspecified atom stereocenters. The number of aryl methyl sites for hydroxylation is 2. The van der Waals surface area contributed by atoms with Crippen LogP contribution in [0, 0.1) is 11.3 Å². The van der Waals surface area contributed by atoms with Crippen molar-refractivity contribution in [3.63, 3.8) is 0 Å². The molecule has 13 nitrogen and oxygen atoms in total. The van der Waals surface area contributed by atoms with E-state index in [4.69, 9.17) is 10.1 Å². The zero-order valence-corrected chi connectivity index (χ0v) is 25.3. The van der Waals surface area contributed by atoms with E-state index >= 15 is 0 Å². The van der Waals surface area contributed by atoms with E-state index in [0.717, 1.165) is 50.3 Å². The second kappa shape index (κ2) is 12.0. The number of nitriles is 1. The normalized spacial score (nSPS) is 16.4. The monoisotopic (exact) mass is 604 g/mol. The molecule has 2 aliphatic heterocycles. The molecular weight excluding hydrogens is 568 g/mol. The van der Waals surface area contributed by atoms with Crippen LogP contribution in [0.4, 0.5) is 17.3 Å². The number of aromatic nitrogens is 7. The van der Waals surface area contributed by atoms with Crippen molar-refractivity contribution in [2.45, 2.75) is 31.3 Å². The Kier molecular flexibility index (Phi) is 7.64. The molecule has 1 N–H and O–H groups in total. The van der Waals surface area contributed by atoms with E-state index in [0.29, 0.717) is 36.8 Å². The summed E-state index contributed by atoms with van der Waals surface area (Å²) in [6, 6.07) is 16.8. The average Bonchev–Trinajstić information content (AvgIpc) is 3.79. The largest absolute Gasteiger partial charge is 0.363 e. The summed E-state index contributed by atoms with van der Waals surface area (Å²) in [5, 5.41) is 26.6. The van der Waals surface area contributed by atoms with Gasteiger partial charge < -0.3 is 20.0 Å². The maximum Gasteiger partial charge on any atom is 0.247 e. The molecule has 5 aromatic rings. The van der Waals surface area contributed by atoms with Crippen molar-refractivity contribution in [2.24, 2.45) is 0 Å². The maximum absolute atomic E-state index is 12.7. The zero-order chi connectivity index (χ0) is 30.8. The molecular formula is C32H36N12O. The molecule has 13 heteroatoms. The van der Waals surface area contributed by atoms with Crippen LogP contribution in [-0.4, -0.2) is 96.2 Å². The number of amides is 1. The number of anilines is 3. The molecule has 0 spiro atoms. The lowest BCUT2D eigenvalue weighted by Crippen LogP contribution is -2.63. The number of carbonyl (C=O) groups excluding carboxylic acids is 1. The second-order valence-corrected chi connectivity index (χ2v) is 12.0. The molecule has 1 aromatic carbocycles. The molecule has 1 amide bonds. The van der Waals surface area contributed by atoms with Gasteiger partial charge in [-0.3, -0.25) is 14.2 Å². The lowest BCUT2D eigenvalue weighted by molar-refractivity contribution is -0.133. The van der Waals surface area contributed by atoms with Crippen LogP contribution in [0.2, 0.25) is 0 Å². The highest BCUT2D eigenvalue weighted by atomic mass is 16.2. The van der Waals surface area contributed by atoms with Gasteiger partial charge in [-0.25, -0.2) is 4.52 Å². The Labute approximate surface area is 261 Å². The Morgan fingerprint density at radius 1 is 0.978 bits per heavy atom. The fraction of sp³-hybridized carbons (Fsp3) is 0.375. The van der Waals surface area contributed by atoms with Crippen LogP contribution < -0.4 is 10.2 Å². The van der Waals surface area contributed by atoms with Gasteiger partial charge in [-0.15, -0.1) is 5.10 Å². The van der Waals surface area contributed by atoms with Crippen LogP contribution in [0.15, 0.2) is 73.4 Å². The first-order valence-corrected chi connectivity index (χ1v) is 15.3. The van der Waals surface area contributed by atoms with Gasteiger partial charge in [0.25, 0.3) is 0 Å². The van der Waals surface area contributed by atoms with Crippen molar-refractivity contribution in [3.8, 4) is 6.07 Å². The molecule has 0 radical (unpaired) electrons. The Morgan fingerprint density at radius 3 is 2.58 bits per heavy atom. The van der Waals surface area contributed by atoms with Gasteiger partial charge in [-0.2, -0.15) is 20.4 Å². The van der Waals surface area contributed by atoms with Gasteiger partial charge in [0.15, 0.2) is 5.65 Å². The number of rotatable bonds is 10. The number of carbonyl (C=O) groups is 1. The Morgan fingerprint density at radius 2 is 1.78 bits per heavy atom. The molecule has 7 rings (SSSR count). The highest BCUT2D eigenvalue weighted by Gasteiger charge is 2.46. The number of benzene rings is 1. The molecule has 2 fully saturated rings. The summed E-state index contributed by atoms with van der Waals surface area (Å²) in [6.45, 7) is 4.72. The molecule has 0 aliphatic carbocycles. The zero-order valence-electron chi connectivity index (χ0n) is 25.3. The van der Waals surface area contributed by atoms with Crippen LogP contribution in [0.3, 0.4) is 0 Å². The van der Waals surface area contributed by atoms with E-state index in [1.807, 2.05) is 40.2 Å². The summed E-state index contributed by atoms with van der Waals surface area (Å²) in [7, 11) is 2.07. The molecule has 2 saturated heterocycles. The van der Waals surface area contributed by atoms with Gasteiger partial charge in [0.05, 0.1) is 36.3 Å². The summed E-state index contributed by atoms with van der Waals surface area (Å²) in [4.78, 5) is 23.8. The molecule has 6 heterocycles. The third kappa shape index (κ3) is 5.97. The minimum atomic E-state index is -0.399. The number of nitrogens with zero attached hydrogens (tertiary/aromatic N) is 11. The summed E-state index contributed by atoms with van der Waals surface area (Å²) < 4.78 is 5.37. The van der Waals surface area contributed by atoms with Gasteiger partial charge in [0.1, 0.15) is 12.1 Å². The highest BCUT2D eigenvalue weighted by Crippen LogP contribution is 2.37. The van der Waals surface area contributed by atoms with Gasteiger partial charge >= 0.3 is 0 Å². The number of hydrogen-bond donors (Lipinski definition) is 1. The predicted octanol–water partition coefficient (Wildman–Crippen LogP) is 2.55. The Bertz CT molecular complexity index is 1820. The van der Waals surface area contributed by atoms with Crippen molar-refractivity contribution in [1.82, 2.24) is 44.0 Å². The van der Waals surface area contributed by atoms with Gasteiger partial charge in [-0.1, -0.05) is 30.3 Å². The van der Waals surface area contributed by atoms with Crippen LogP contribution in [-0.2, 0) is 29.7 Å². The van der Waals surface area contributed by atoms with E-state index in [-0.39, 0.29) is 12.5 Å². The van der Waals surface area contributed by atoms with Crippen molar-refractivity contribution in [1.29, 1.82) is 5.26 Å². The van der Waals surface area contributed by atoms with Crippen molar-refractivity contribution in [3.05, 3.63) is 84.6 Å². The SMILES string of the molecule is CN1CCN(C(=O)Cn2cc(Nc3nc4c(N5CC(CC#N)(n6cc(CCc7ccccc7)cn6)C5)cccn4n3)cn2)CC1. The minimum Gasteiger partial charge on any atom is -0.363 e. The average molecular weight is 605 g/mol. The predicted molar refractivity (Wildman–Crippen MR) is 169 cm³/mol. The molecule has 2 aliphatic rings. The Hall–Kier alpha value is -5.22. The number of likely N-dealkylation sites (N-methyl/N-ethyl adjacent to an activating group) is 1. The summed E-state index contributed by atoms with van der Waals surface area (Å²) in [6.07, 6.45) is 11.6. The lowest BCUT2D eigenvalue weighted by Gasteiger charge is -2.50. The smallest absolute Gasteiger partial charge is 0.247 e. The molecule has 0 saturated carbocycles. The van der Waals surface area contributed by atoms with Crippen molar-refractivity contribution in [2.75, 3.05) is 56.5 Å². The highest BCUT2D eigenvalue weighted by molar-refractivity contribution is 5.76. The number of nitrogens with one attached hydrogen (secondary N) is 1. The first-order valence-electron chi connectivity index (χ1n) is 15.3. The number of pyridine rings is 1. The second-order valence-electron chi connectivity index (χ2n) is 12.0. The van der Waals surface area contributed by atoms with Gasteiger partial charge in [0, 0.05) is 57.9 Å². The number of piperazine rings is 1. The molecule has 0 bridgehead atoms. The molecule has 230 valence electrons. The molecule has 0 atom stereocenters. The van der Waals surface area contributed by atoms with Gasteiger partial charge in [0.2, 0.25) is 11.9 Å². The Balaban J connectivity index is 1.01. The minimum absolute atomic E-state index is 0.0637. The van der Waals surface area contributed by atoms with E-state index in [1.165, 1.54) is 5.56 Å². The summed E-state index contributed by atoms with van der Waals surface area (Å²) in [5.41, 5.74) is 4.43. The topological polar surface area (TPSA) is 128 Å².